The van der Waals surface area contributed by atoms with Gasteiger partial charge in [0.1, 0.15) is 0 Å². The Kier molecular flexibility index (Phi) is 9.46. The first kappa shape index (κ1) is 32.9. The minimum absolute atomic E-state index is 0.0556. The molecule has 1 fully saturated rings. The van der Waals surface area contributed by atoms with Crippen LogP contribution in [0.5, 0.6) is 0 Å². The highest BCUT2D eigenvalue weighted by atomic mass is 32.2. The van der Waals surface area contributed by atoms with Gasteiger partial charge in [0.25, 0.3) is 16.8 Å². The van der Waals surface area contributed by atoms with Crippen molar-refractivity contribution in [1.29, 1.82) is 0 Å². The Balaban J connectivity index is 1.20. The van der Waals surface area contributed by atoms with Crippen LogP contribution in [0.15, 0.2) is 95.1 Å². The fourth-order valence-corrected chi connectivity index (χ4v) is 5.70. The number of nitrogens with zero attached hydrogens (tertiary/aromatic N) is 5. The first-order chi connectivity index (χ1) is 22.3. The van der Waals surface area contributed by atoms with Crippen molar-refractivity contribution in [2.24, 2.45) is 11.2 Å². The van der Waals surface area contributed by atoms with Crippen LogP contribution in [0.2, 0.25) is 0 Å². The lowest BCUT2D eigenvalue weighted by atomic mass is 10.1. The number of rotatable bonds is 10. The van der Waals surface area contributed by atoms with Crippen molar-refractivity contribution in [3.63, 3.8) is 0 Å². The molecule has 2 heterocycles. The van der Waals surface area contributed by atoms with Crippen LogP contribution in [0, 0.1) is 18.0 Å². The van der Waals surface area contributed by atoms with Gasteiger partial charge >= 0.3 is 12.1 Å². The van der Waals surface area contributed by atoms with E-state index in [4.69, 9.17) is 9.57 Å². The number of benzene rings is 3. The van der Waals surface area contributed by atoms with Gasteiger partial charge in [0.05, 0.1) is 45.8 Å². The topological polar surface area (TPSA) is 158 Å². The standard InChI is InChI=1S/C30H27F3N6O7S/c1-20-7-9-21(10-8-20)26-17-27(30(31,32)33)34-38(26)24-11-13-25(14-12-24)47(43,44)35-28(40)23-15-16-37(18-23)39(42)36-46-19-45-29(41)22-5-3-2-4-6-22/h2-14,17,23H,15-16,18-19H2,1H3,(H,35,40)/b39-36-. The Morgan fingerprint density at radius 2 is 1.74 bits per heavy atom. The SMILES string of the molecule is Cc1ccc(-c2cc(C(F)(F)F)nn2-c2ccc(S(=O)(=O)NC(=O)C3CCN(/[N+]([O-])=N/OCOC(=O)c4ccccc4)C3)cc2)cc1. The van der Waals surface area contributed by atoms with E-state index in [0.29, 0.717) is 5.56 Å². The molecule has 1 N–H and O–H groups in total. The Morgan fingerprint density at radius 1 is 1.06 bits per heavy atom. The van der Waals surface area contributed by atoms with Gasteiger partial charge in [0.15, 0.2) is 5.69 Å². The third-order valence-electron chi connectivity index (χ3n) is 7.13. The maximum Gasteiger partial charge on any atom is 0.435 e. The maximum atomic E-state index is 13.5. The smallest absolute Gasteiger partial charge is 0.435 e. The van der Waals surface area contributed by atoms with E-state index in [9.17, 15) is 36.4 Å². The number of aromatic nitrogens is 2. The Labute approximate surface area is 266 Å². The van der Waals surface area contributed by atoms with Crippen LogP contribution in [0.4, 0.5) is 13.2 Å². The predicted molar refractivity (Wildman–Crippen MR) is 158 cm³/mol. The molecule has 1 aliphatic rings. The molecule has 13 nitrogen and oxygen atoms in total. The highest BCUT2D eigenvalue weighted by Gasteiger charge is 2.36. The molecule has 0 saturated carbocycles. The summed E-state index contributed by atoms with van der Waals surface area (Å²) >= 11 is 0. The molecule has 0 spiro atoms. The predicted octanol–water partition coefficient (Wildman–Crippen LogP) is 4.62. The van der Waals surface area contributed by atoms with Crippen LogP contribution < -0.4 is 4.72 Å². The number of sulfonamides is 1. The number of hydrogen-bond donors (Lipinski definition) is 1. The molecule has 1 amide bonds. The molecule has 1 saturated heterocycles. The van der Waals surface area contributed by atoms with Gasteiger partial charge in [-0.1, -0.05) is 48.0 Å². The van der Waals surface area contributed by atoms with Gasteiger partial charge < -0.3 is 14.8 Å². The summed E-state index contributed by atoms with van der Waals surface area (Å²) in [5, 5.41) is 20.3. The van der Waals surface area contributed by atoms with Crippen LogP contribution in [-0.4, -0.2) is 59.9 Å². The number of carbonyl (C=O) groups excluding carboxylic acids is 2. The molecule has 246 valence electrons. The summed E-state index contributed by atoms with van der Waals surface area (Å²) < 4.78 is 74.4. The average Bonchev–Trinajstić information content (AvgIpc) is 3.73. The van der Waals surface area contributed by atoms with Gasteiger partial charge in [-0.3, -0.25) is 4.79 Å². The van der Waals surface area contributed by atoms with Gasteiger partial charge in [0.2, 0.25) is 11.2 Å². The summed E-state index contributed by atoms with van der Waals surface area (Å²) in [7, 11) is -4.38. The molecule has 47 heavy (non-hydrogen) atoms. The first-order valence-corrected chi connectivity index (χ1v) is 15.5. The molecule has 4 aromatic rings. The molecule has 3 aromatic carbocycles. The van der Waals surface area contributed by atoms with E-state index in [1.165, 1.54) is 24.3 Å². The largest absolute Gasteiger partial charge is 0.569 e. The summed E-state index contributed by atoms with van der Waals surface area (Å²) in [6.45, 7) is 1.07. The third-order valence-corrected chi connectivity index (χ3v) is 8.50. The molecular weight excluding hydrogens is 645 g/mol. The molecule has 1 unspecified atom stereocenters. The number of halogens is 3. The Bertz CT molecular complexity index is 1880. The Hall–Kier alpha value is -5.45. The zero-order valence-electron chi connectivity index (χ0n) is 24.6. The second kappa shape index (κ2) is 13.5. The average molecular weight is 673 g/mol. The van der Waals surface area contributed by atoms with Gasteiger partial charge in [-0.2, -0.15) is 18.3 Å². The molecule has 0 aliphatic carbocycles. The molecular formula is C30H27F3N6O7S. The van der Waals surface area contributed by atoms with Gasteiger partial charge in [-0.05, 0) is 55.8 Å². The number of hydrazine groups is 1. The lowest BCUT2D eigenvalue weighted by molar-refractivity contribution is -0.708. The zero-order valence-corrected chi connectivity index (χ0v) is 25.4. The van der Waals surface area contributed by atoms with Crippen molar-refractivity contribution in [2.45, 2.75) is 24.4 Å². The van der Waals surface area contributed by atoms with E-state index in [0.717, 1.165) is 33.5 Å². The monoisotopic (exact) mass is 672 g/mol. The number of alkyl halides is 3. The quantitative estimate of drug-likeness (QED) is 0.0634. The first-order valence-electron chi connectivity index (χ1n) is 14.0. The molecule has 1 atom stereocenters. The van der Waals surface area contributed by atoms with Crippen molar-refractivity contribution in [3.05, 3.63) is 107 Å². The number of ether oxygens (including phenoxy) is 1. The highest BCUT2D eigenvalue weighted by molar-refractivity contribution is 7.90. The highest BCUT2D eigenvalue weighted by Crippen LogP contribution is 2.33. The van der Waals surface area contributed by atoms with Crippen molar-refractivity contribution in [2.75, 3.05) is 19.9 Å². The van der Waals surface area contributed by atoms with Crippen molar-refractivity contribution in [1.82, 2.24) is 19.5 Å². The molecule has 17 heteroatoms. The molecule has 1 aromatic heterocycles. The fraction of sp³-hybridized carbons (Fsp3) is 0.233. The number of carbonyl (C=O) groups is 2. The normalized spacial score (nSPS) is 15.4. The van der Waals surface area contributed by atoms with Gasteiger partial charge in [-0.15, -0.1) is 5.01 Å². The maximum absolute atomic E-state index is 13.5. The van der Waals surface area contributed by atoms with E-state index in [-0.39, 0.29) is 46.3 Å². The van der Waals surface area contributed by atoms with Crippen LogP contribution in [0.25, 0.3) is 16.9 Å². The van der Waals surface area contributed by atoms with E-state index in [2.05, 4.69) is 10.4 Å². The van der Waals surface area contributed by atoms with E-state index < -0.39 is 46.5 Å². The number of esters is 1. The number of hydrogen-bond acceptors (Lipinski definition) is 9. The van der Waals surface area contributed by atoms with E-state index in [1.54, 1.807) is 42.5 Å². The summed E-state index contributed by atoms with van der Waals surface area (Å²) in [6.07, 6.45) is -4.59. The third kappa shape index (κ3) is 7.86. The molecule has 5 rings (SSSR count). The van der Waals surface area contributed by atoms with Crippen molar-refractivity contribution < 1.29 is 45.7 Å². The molecule has 0 bridgehead atoms. The van der Waals surface area contributed by atoms with Crippen LogP contribution in [-0.2, 0) is 30.6 Å². The molecule has 0 radical (unpaired) electrons. The number of aryl methyl sites for hydroxylation is 1. The summed E-state index contributed by atoms with van der Waals surface area (Å²) in [5.41, 5.74) is 0.833. The Morgan fingerprint density at radius 3 is 2.40 bits per heavy atom. The van der Waals surface area contributed by atoms with Crippen LogP contribution >= 0.6 is 0 Å². The van der Waals surface area contributed by atoms with Gasteiger partial charge in [-0.25, -0.2) is 22.6 Å². The minimum atomic E-state index is -4.71. The number of nitrogens with one attached hydrogen (secondary N) is 1. The van der Waals surface area contributed by atoms with Gasteiger partial charge in [0, 0.05) is 5.56 Å². The minimum Gasteiger partial charge on any atom is -0.569 e. The summed E-state index contributed by atoms with van der Waals surface area (Å²) in [4.78, 5) is 29.2. The summed E-state index contributed by atoms with van der Waals surface area (Å²) in [6, 6.07) is 20.6. The zero-order chi connectivity index (χ0) is 33.8. The second-order valence-corrected chi connectivity index (χ2v) is 12.1. The number of amides is 1. The van der Waals surface area contributed by atoms with E-state index >= 15 is 0 Å². The van der Waals surface area contributed by atoms with Crippen molar-refractivity contribution >= 4 is 21.9 Å². The van der Waals surface area contributed by atoms with E-state index in [1.807, 2.05) is 11.6 Å². The van der Waals surface area contributed by atoms with Crippen LogP contribution in [0.1, 0.15) is 28.0 Å². The fourth-order valence-electron chi connectivity index (χ4n) is 4.66. The lowest BCUT2D eigenvalue weighted by Gasteiger charge is -2.13. The molecule has 1 aliphatic heterocycles. The van der Waals surface area contributed by atoms with Crippen molar-refractivity contribution in [3.8, 4) is 16.9 Å². The summed E-state index contributed by atoms with van der Waals surface area (Å²) in [5.74, 6) is -2.45. The second-order valence-electron chi connectivity index (χ2n) is 10.4. The van der Waals surface area contributed by atoms with Crippen LogP contribution in [0.3, 0.4) is 0 Å². The lowest BCUT2D eigenvalue weighted by Crippen LogP contribution is -2.37.